The lowest BCUT2D eigenvalue weighted by Crippen LogP contribution is -2.25. The number of rotatable bonds is 4. The zero-order valence-electron chi connectivity index (χ0n) is 13.1. The molecule has 1 aromatic carbocycles. The third-order valence-corrected chi connectivity index (χ3v) is 3.98. The molecular formula is C18H14ClN2O3-. The molecular weight excluding hydrogens is 328 g/mol. The predicted octanol–water partition coefficient (Wildman–Crippen LogP) is 2.36. The fraction of sp³-hybridized carbons (Fsp3) is 0.167. The number of hydrogen-bond acceptors (Lipinski definition) is 4. The molecule has 5 nitrogen and oxygen atoms in total. The zero-order valence-corrected chi connectivity index (χ0v) is 13.9. The minimum Gasteiger partial charge on any atom is -0.550 e. The van der Waals surface area contributed by atoms with Crippen molar-refractivity contribution in [1.29, 1.82) is 0 Å². The lowest BCUT2D eigenvalue weighted by molar-refractivity contribution is -0.304. The maximum Gasteiger partial charge on any atom is 0.227 e. The Balaban J connectivity index is 2.20. The van der Waals surface area contributed by atoms with E-state index in [-0.39, 0.29) is 23.6 Å². The second-order valence-corrected chi connectivity index (χ2v) is 6.15. The lowest BCUT2D eigenvalue weighted by atomic mass is 10.0. The quantitative estimate of drug-likeness (QED) is 0.738. The van der Waals surface area contributed by atoms with Gasteiger partial charge in [0, 0.05) is 34.0 Å². The fourth-order valence-corrected chi connectivity index (χ4v) is 3.01. The van der Waals surface area contributed by atoms with Crippen LogP contribution in [0.5, 0.6) is 0 Å². The van der Waals surface area contributed by atoms with Gasteiger partial charge in [-0.15, -0.1) is 0 Å². The SMILES string of the molecule is Cc1cc(C)nc(C(=O)c2[nH]c3cc(Cl)ccc3c2CC(=O)[O-])c1. The second-order valence-electron chi connectivity index (χ2n) is 5.72. The number of fused-ring (bicyclic) bond motifs is 1. The Morgan fingerprint density at radius 3 is 2.62 bits per heavy atom. The smallest absolute Gasteiger partial charge is 0.227 e. The monoisotopic (exact) mass is 341 g/mol. The van der Waals surface area contributed by atoms with Crippen molar-refractivity contribution in [3.05, 3.63) is 63.6 Å². The molecule has 122 valence electrons. The number of H-pyrrole nitrogens is 1. The minimum absolute atomic E-state index is 0.203. The summed E-state index contributed by atoms with van der Waals surface area (Å²) >= 11 is 5.98. The number of aromatic nitrogens is 2. The Morgan fingerprint density at radius 2 is 1.96 bits per heavy atom. The Hall–Kier alpha value is -2.66. The van der Waals surface area contributed by atoms with Crippen molar-refractivity contribution in [3.8, 4) is 0 Å². The van der Waals surface area contributed by atoms with Crippen LogP contribution in [0.4, 0.5) is 0 Å². The van der Waals surface area contributed by atoms with Gasteiger partial charge in [-0.1, -0.05) is 17.7 Å². The van der Waals surface area contributed by atoms with Crippen molar-refractivity contribution in [1.82, 2.24) is 9.97 Å². The molecule has 0 amide bonds. The number of aryl methyl sites for hydroxylation is 2. The third-order valence-electron chi connectivity index (χ3n) is 3.75. The molecule has 0 aliphatic carbocycles. The number of aromatic amines is 1. The van der Waals surface area contributed by atoms with E-state index in [9.17, 15) is 14.7 Å². The molecule has 3 rings (SSSR count). The number of ketones is 1. The summed E-state index contributed by atoms with van der Waals surface area (Å²) in [6.07, 6.45) is -0.368. The summed E-state index contributed by atoms with van der Waals surface area (Å²) in [5.41, 5.74) is 3.09. The highest BCUT2D eigenvalue weighted by Crippen LogP contribution is 2.27. The highest BCUT2D eigenvalue weighted by Gasteiger charge is 2.21. The molecule has 0 unspecified atom stereocenters. The van der Waals surface area contributed by atoms with Crippen LogP contribution < -0.4 is 5.11 Å². The van der Waals surface area contributed by atoms with Gasteiger partial charge in [-0.25, -0.2) is 4.98 Å². The van der Waals surface area contributed by atoms with E-state index in [2.05, 4.69) is 9.97 Å². The number of carboxylic acid groups (broad SMARTS) is 1. The van der Waals surface area contributed by atoms with Crippen LogP contribution >= 0.6 is 11.6 Å². The molecule has 0 bridgehead atoms. The van der Waals surface area contributed by atoms with Gasteiger partial charge in [0.1, 0.15) is 5.69 Å². The van der Waals surface area contributed by atoms with Crippen molar-refractivity contribution < 1.29 is 14.7 Å². The van der Waals surface area contributed by atoms with Gasteiger partial charge in [0.15, 0.2) is 0 Å². The molecule has 3 aromatic rings. The van der Waals surface area contributed by atoms with Crippen LogP contribution in [0.25, 0.3) is 10.9 Å². The first-order valence-electron chi connectivity index (χ1n) is 7.35. The van der Waals surface area contributed by atoms with E-state index < -0.39 is 5.97 Å². The van der Waals surface area contributed by atoms with Gasteiger partial charge in [0.2, 0.25) is 5.78 Å². The van der Waals surface area contributed by atoms with E-state index in [4.69, 9.17) is 11.6 Å². The first-order chi connectivity index (χ1) is 11.3. The average molecular weight is 342 g/mol. The van der Waals surface area contributed by atoms with E-state index in [1.54, 1.807) is 31.2 Å². The number of benzene rings is 1. The Labute approximate surface area is 143 Å². The molecule has 0 aliphatic heterocycles. The first kappa shape index (κ1) is 16.2. The van der Waals surface area contributed by atoms with Gasteiger partial charge < -0.3 is 14.9 Å². The number of nitrogens with one attached hydrogen (secondary N) is 1. The Bertz CT molecular complexity index is 956. The first-order valence-corrected chi connectivity index (χ1v) is 7.73. The van der Waals surface area contributed by atoms with Gasteiger partial charge >= 0.3 is 0 Å². The third kappa shape index (κ3) is 3.03. The summed E-state index contributed by atoms with van der Waals surface area (Å²) in [6, 6.07) is 8.54. The summed E-state index contributed by atoms with van der Waals surface area (Å²) in [7, 11) is 0. The number of aliphatic carboxylic acids is 1. The predicted molar refractivity (Wildman–Crippen MR) is 89.2 cm³/mol. The van der Waals surface area contributed by atoms with E-state index in [1.807, 2.05) is 13.0 Å². The second kappa shape index (κ2) is 6.09. The number of carbonyl (C=O) groups is 2. The largest absolute Gasteiger partial charge is 0.550 e. The molecule has 0 saturated heterocycles. The minimum atomic E-state index is -1.26. The van der Waals surface area contributed by atoms with Crippen molar-refractivity contribution in [3.63, 3.8) is 0 Å². The molecule has 0 fully saturated rings. The lowest BCUT2D eigenvalue weighted by Gasteiger charge is -2.06. The van der Waals surface area contributed by atoms with Crippen LogP contribution in [0, 0.1) is 13.8 Å². The normalized spacial score (nSPS) is 11.0. The molecule has 2 heterocycles. The number of halogens is 1. The van der Waals surface area contributed by atoms with E-state index >= 15 is 0 Å². The molecule has 1 N–H and O–H groups in total. The van der Waals surface area contributed by atoms with Crippen LogP contribution in [-0.4, -0.2) is 21.7 Å². The number of carboxylic acids is 1. The Kier molecular flexibility index (Phi) is 4.11. The number of hydrogen-bond donors (Lipinski definition) is 1. The molecule has 0 aliphatic rings. The summed E-state index contributed by atoms with van der Waals surface area (Å²) in [6.45, 7) is 3.68. The van der Waals surface area contributed by atoms with Crippen LogP contribution in [0.1, 0.15) is 33.0 Å². The van der Waals surface area contributed by atoms with Gasteiger partial charge in [-0.2, -0.15) is 0 Å². The van der Waals surface area contributed by atoms with Crippen LogP contribution in [0.15, 0.2) is 30.3 Å². The van der Waals surface area contributed by atoms with Gasteiger partial charge in [0.25, 0.3) is 0 Å². The highest BCUT2D eigenvalue weighted by molar-refractivity contribution is 6.31. The van der Waals surface area contributed by atoms with Gasteiger partial charge in [0.05, 0.1) is 5.69 Å². The summed E-state index contributed by atoms with van der Waals surface area (Å²) in [5.74, 6) is -1.61. The van der Waals surface area contributed by atoms with Crippen LogP contribution in [-0.2, 0) is 11.2 Å². The van der Waals surface area contributed by atoms with Crippen molar-refractivity contribution in [2.24, 2.45) is 0 Å². The van der Waals surface area contributed by atoms with E-state index in [0.29, 0.717) is 21.5 Å². The maximum atomic E-state index is 12.9. The summed E-state index contributed by atoms with van der Waals surface area (Å²) in [4.78, 5) is 31.2. The molecule has 0 atom stereocenters. The summed E-state index contributed by atoms with van der Waals surface area (Å²) in [5, 5.41) is 12.2. The van der Waals surface area contributed by atoms with E-state index in [1.165, 1.54) is 0 Å². The van der Waals surface area contributed by atoms with Crippen molar-refractivity contribution in [2.45, 2.75) is 20.3 Å². The van der Waals surface area contributed by atoms with E-state index in [0.717, 1.165) is 11.3 Å². The van der Waals surface area contributed by atoms with Gasteiger partial charge in [-0.05, 0) is 49.2 Å². The maximum absolute atomic E-state index is 12.9. The average Bonchev–Trinajstić information content (AvgIpc) is 2.82. The number of nitrogens with zero attached hydrogens (tertiary/aromatic N) is 1. The van der Waals surface area contributed by atoms with Gasteiger partial charge in [-0.3, -0.25) is 4.79 Å². The molecule has 2 aromatic heterocycles. The van der Waals surface area contributed by atoms with Crippen LogP contribution in [0.3, 0.4) is 0 Å². The molecule has 0 radical (unpaired) electrons. The molecule has 0 spiro atoms. The zero-order chi connectivity index (χ0) is 17.4. The molecule has 6 heteroatoms. The molecule has 0 saturated carbocycles. The fourth-order valence-electron chi connectivity index (χ4n) is 2.84. The van der Waals surface area contributed by atoms with Crippen LogP contribution in [0.2, 0.25) is 5.02 Å². The number of carbonyl (C=O) groups excluding carboxylic acids is 2. The van der Waals surface area contributed by atoms with Crippen molar-refractivity contribution >= 4 is 34.3 Å². The van der Waals surface area contributed by atoms with Crippen molar-refractivity contribution in [2.75, 3.05) is 0 Å². The molecule has 24 heavy (non-hydrogen) atoms. The number of pyridine rings is 1. The Morgan fingerprint density at radius 1 is 1.21 bits per heavy atom. The summed E-state index contributed by atoms with van der Waals surface area (Å²) < 4.78 is 0. The highest BCUT2D eigenvalue weighted by atomic mass is 35.5. The standard InChI is InChI=1S/C18H15ClN2O3/c1-9-5-10(2)20-15(6-9)18(24)17-13(8-16(22)23)12-4-3-11(19)7-14(12)21-17/h3-7,21H,8H2,1-2H3,(H,22,23)/p-1. The topological polar surface area (TPSA) is 85.9 Å².